The highest BCUT2D eigenvalue weighted by atomic mass is 16.5. The molecule has 0 saturated carbocycles. The molecule has 0 aliphatic carbocycles. The fraction of sp³-hybridized carbons (Fsp3) is 0.844. The Kier molecular flexibility index (Phi) is 26.6. The zero-order valence-electron chi connectivity index (χ0n) is 24.2. The van der Waals surface area contributed by atoms with Crippen LogP contribution in [0.4, 0.5) is 0 Å². The second-order valence-electron chi connectivity index (χ2n) is 10.7. The summed E-state index contributed by atoms with van der Waals surface area (Å²) < 4.78 is 5.40. The predicted octanol–water partition coefficient (Wildman–Crippen LogP) is 9.66. The minimum Gasteiger partial charge on any atom is -0.466 e. The summed E-state index contributed by atoms with van der Waals surface area (Å²) in [7, 11) is 4.28. The van der Waals surface area contributed by atoms with E-state index in [2.05, 4.69) is 57.1 Å². The summed E-state index contributed by atoms with van der Waals surface area (Å²) in [6, 6.07) is 0. The third-order valence-corrected chi connectivity index (χ3v) is 6.82. The molecular weight excluding hydrogens is 430 g/mol. The molecular formula is C32H61NO2. The van der Waals surface area contributed by atoms with Gasteiger partial charge in [0.15, 0.2) is 0 Å². The van der Waals surface area contributed by atoms with Crippen LogP contribution in [0.1, 0.15) is 142 Å². The quantitative estimate of drug-likeness (QED) is 0.0685. The maximum atomic E-state index is 12.0. The Hall–Kier alpha value is -1.09. The van der Waals surface area contributed by atoms with Crippen molar-refractivity contribution >= 4 is 5.97 Å². The Balaban J connectivity index is 3.73. The lowest BCUT2D eigenvalue weighted by Crippen LogP contribution is -2.18. The largest absolute Gasteiger partial charge is 0.466 e. The van der Waals surface area contributed by atoms with Crippen LogP contribution in [0.15, 0.2) is 24.3 Å². The molecule has 3 nitrogen and oxygen atoms in total. The predicted molar refractivity (Wildman–Crippen MR) is 155 cm³/mol. The number of unbranched alkanes of at least 4 members (excludes halogenated alkanes) is 12. The standard InChI is InChI=1S/C32H61NO2/c1-5-7-9-10-11-12-13-14-15-16-17-18-19-20-21-22-23-25-31(28-29-33(3)4)26-27-32(34)35-30-24-8-6-2/h11-12,14-15,31H,5-10,13,16-30H2,1-4H3/b12-11-,15-14-. The van der Waals surface area contributed by atoms with E-state index in [1.807, 2.05) is 0 Å². The highest BCUT2D eigenvalue weighted by Crippen LogP contribution is 2.21. The Labute approximate surface area is 220 Å². The van der Waals surface area contributed by atoms with Gasteiger partial charge in [-0.2, -0.15) is 0 Å². The number of esters is 1. The molecule has 35 heavy (non-hydrogen) atoms. The van der Waals surface area contributed by atoms with E-state index in [0.717, 1.165) is 32.2 Å². The van der Waals surface area contributed by atoms with Crippen LogP contribution in [0.25, 0.3) is 0 Å². The summed E-state index contributed by atoms with van der Waals surface area (Å²) in [5.41, 5.74) is 0. The number of rotatable bonds is 26. The molecule has 0 aliphatic rings. The summed E-state index contributed by atoms with van der Waals surface area (Å²) in [4.78, 5) is 14.3. The van der Waals surface area contributed by atoms with Gasteiger partial charge in [-0.05, 0) is 77.9 Å². The van der Waals surface area contributed by atoms with Crippen LogP contribution in [-0.4, -0.2) is 38.1 Å². The van der Waals surface area contributed by atoms with Gasteiger partial charge in [0.2, 0.25) is 0 Å². The monoisotopic (exact) mass is 491 g/mol. The fourth-order valence-corrected chi connectivity index (χ4v) is 4.40. The molecule has 0 radical (unpaired) electrons. The van der Waals surface area contributed by atoms with E-state index < -0.39 is 0 Å². The number of hydrogen-bond donors (Lipinski definition) is 0. The SMILES string of the molecule is CCCCC/C=C\C/C=C\CCCCCCCCCC(CCC(=O)OCCCCC)CCN(C)C. The van der Waals surface area contributed by atoms with E-state index in [0.29, 0.717) is 18.9 Å². The number of carbonyl (C=O) groups excluding carboxylic acids is 1. The van der Waals surface area contributed by atoms with Crippen molar-refractivity contribution in [2.45, 2.75) is 142 Å². The van der Waals surface area contributed by atoms with Crippen molar-refractivity contribution in [2.75, 3.05) is 27.2 Å². The molecule has 0 aromatic heterocycles. The molecule has 0 rings (SSSR count). The summed E-state index contributed by atoms with van der Waals surface area (Å²) >= 11 is 0. The van der Waals surface area contributed by atoms with E-state index in [4.69, 9.17) is 4.74 Å². The third-order valence-electron chi connectivity index (χ3n) is 6.82. The van der Waals surface area contributed by atoms with E-state index >= 15 is 0 Å². The van der Waals surface area contributed by atoms with Crippen LogP contribution in [0.3, 0.4) is 0 Å². The molecule has 1 atom stereocenters. The first-order valence-electron chi connectivity index (χ1n) is 15.2. The smallest absolute Gasteiger partial charge is 0.305 e. The molecule has 0 heterocycles. The highest BCUT2D eigenvalue weighted by Gasteiger charge is 2.12. The van der Waals surface area contributed by atoms with Crippen molar-refractivity contribution in [2.24, 2.45) is 5.92 Å². The van der Waals surface area contributed by atoms with Gasteiger partial charge in [0.25, 0.3) is 0 Å². The molecule has 3 heteroatoms. The molecule has 0 aromatic carbocycles. The van der Waals surface area contributed by atoms with Crippen molar-refractivity contribution in [1.82, 2.24) is 4.90 Å². The Morgan fingerprint density at radius 3 is 1.89 bits per heavy atom. The Bertz CT molecular complexity index is 498. The first kappa shape index (κ1) is 33.9. The van der Waals surface area contributed by atoms with Crippen LogP contribution < -0.4 is 0 Å². The van der Waals surface area contributed by atoms with Crippen LogP contribution in [0.2, 0.25) is 0 Å². The third kappa shape index (κ3) is 27.3. The fourth-order valence-electron chi connectivity index (χ4n) is 4.40. The topological polar surface area (TPSA) is 29.5 Å². The summed E-state index contributed by atoms with van der Waals surface area (Å²) in [5.74, 6) is 0.656. The molecule has 1 unspecified atom stereocenters. The van der Waals surface area contributed by atoms with Crippen LogP contribution in [0, 0.1) is 5.92 Å². The van der Waals surface area contributed by atoms with Crippen LogP contribution in [-0.2, 0) is 9.53 Å². The lowest BCUT2D eigenvalue weighted by molar-refractivity contribution is -0.144. The van der Waals surface area contributed by atoms with Gasteiger partial charge in [-0.3, -0.25) is 4.79 Å². The summed E-state index contributed by atoms with van der Waals surface area (Å²) in [6.07, 6.45) is 33.7. The first-order valence-corrected chi connectivity index (χ1v) is 15.2. The molecule has 0 N–H and O–H groups in total. The average Bonchev–Trinajstić information content (AvgIpc) is 2.84. The van der Waals surface area contributed by atoms with Gasteiger partial charge in [-0.15, -0.1) is 0 Å². The van der Waals surface area contributed by atoms with Crippen molar-refractivity contribution < 1.29 is 9.53 Å². The summed E-state index contributed by atoms with van der Waals surface area (Å²) in [6.45, 7) is 6.14. The van der Waals surface area contributed by atoms with Gasteiger partial charge in [-0.1, -0.05) is 109 Å². The van der Waals surface area contributed by atoms with E-state index in [9.17, 15) is 4.79 Å². The Morgan fingerprint density at radius 2 is 1.26 bits per heavy atom. The molecule has 0 saturated heterocycles. The van der Waals surface area contributed by atoms with Gasteiger partial charge in [-0.25, -0.2) is 0 Å². The highest BCUT2D eigenvalue weighted by molar-refractivity contribution is 5.69. The first-order chi connectivity index (χ1) is 17.1. The number of allylic oxidation sites excluding steroid dienone is 4. The number of carbonyl (C=O) groups is 1. The van der Waals surface area contributed by atoms with Crippen molar-refractivity contribution in [1.29, 1.82) is 0 Å². The maximum Gasteiger partial charge on any atom is 0.305 e. The zero-order valence-corrected chi connectivity index (χ0v) is 24.2. The average molecular weight is 492 g/mol. The van der Waals surface area contributed by atoms with Gasteiger partial charge in [0.05, 0.1) is 6.61 Å². The molecule has 0 aliphatic heterocycles. The molecule has 206 valence electrons. The lowest BCUT2D eigenvalue weighted by Gasteiger charge is -2.19. The summed E-state index contributed by atoms with van der Waals surface area (Å²) in [5, 5.41) is 0. The van der Waals surface area contributed by atoms with Crippen molar-refractivity contribution in [3.8, 4) is 0 Å². The van der Waals surface area contributed by atoms with Crippen LogP contribution in [0.5, 0.6) is 0 Å². The van der Waals surface area contributed by atoms with Gasteiger partial charge in [0.1, 0.15) is 0 Å². The molecule has 0 aromatic rings. The minimum atomic E-state index is 0.00433. The van der Waals surface area contributed by atoms with Gasteiger partial charge >= 0.3 is 5.97 Å². The molecule has 0 spiro atoms. The van der Waals surface area contributed by atoms with Crippen molar-refractivity contribution in [3.05, 3.63) is 24.3 Å². The zero-order chi connectivity index (χ0) is 25.8. The molecule has 0 amide bonds. The van der Waals surface area contributed by atoms with E-state index in [-0.39, 0.29) is 5.97 Å². The van der Waals surface area contributed by atoms with Crippen LogP contribution >= 0.6 is 0 Å². The number of nitrogens with zero attached hydrogens (tertiary/aromatic N) is 1. The number of hydrogen-bond acceptors (Lipinski definition) is 3. The molecule has 0 bridgehead atoms. The van der Waals surface area contributed by atoms with Gasteiger partial charge in [0, 0.05) is 6.42 Å². The normalized spacial score (nSPS) is 12.8. The minimum absolute atomic E-state index is 0.00433. The van der Waals surface area contributed by atoms with Crippen molar-refractivity contribution in [3.63, 3.8) is 0 Å². The maximum absolute atomic E-state index is 12.0. The van der Waals surface area contributed by atoms with Gasteiger partial charge < -0.3 is 9.64 Å². The number of ether oxygens (including phenoxy) is 1. The molecule has 0 fully saturated rings. The second kappa shape index (κ2) is 27.5. The van der Waals surface area contributed by atoms with E-state index in [1.165, 1.54) is 96.3 Å². The Morgan fingerprint density at radius 1 is 0.686 bits per heavy atom. The second-order valence-corrected chi connectivity index (χ2v) is 10.7. The van der Waals surface area contributed by atoms with E-state index in [1.54, 1.807) is 0 Å². The lowest BCUT2D eigenvalue weighted by atomic mass is 9.92.